The molecule has 1 heterocycles. The summed E-state index contributed by atoms with van der Waals surface area (Å²) in [4.78, 5) is 0. The molecule has 1 N–H and O–H groups in total. The summed E-state index contributed by atoms with van der Waals surface area (Å²) in [5, 5.41) is 8.11. The number of hydrogen-bond acceptors (Lipinski definition) is 2. The van der Waals surface area contributed by atoms with Crippen molar-refractivity contribution in [3.63, 3.8) is 0 Å². The zero-order valence-corrected chi connectivity index (χ0v) is 12.8. The lowest BCUT2D eigenvalue weighted by Crippen LogP contribution is -2.30. The Balaban J connectivity index is 1.97. The van der Waals surface area contributed by atoms with E-state index in [-0.39, 0.29) is 0 Å². The Bertz CT molecular complexity index is 377. The second-order valence-corrected chi connectivity index (χ2v) is 6.11. The summed E-state index contributed by atoms with van der Waals surface area (Å²) in [5.41, 5.74) is 2.54. The van der Waals surface area contributed by atoms with Gasteiger partial charge in [0.05, 0.1) is 5.69 Å². The van der Waals surface area contributed by atoms with Gasteiger partial charge in [0.15, 0.2) is 0 Å². The number of hydrogen-bond donors (Lipinski definition) is 1. The van der Waals surface area contributed by atoms with Crippen molar-refractivity contribution in [1.82, 2.24) is 15.1 Å². The number of aromatic nitrogens is 2. The van der Waals surface area contributed by atoms with Gasteiger partial charge in [-0.25, -0.2) is 0 Å². The summed E-state index contributed by atoms with van der Waals surface area (Å²) >= 11 is 0. The first kappa shape index (κ1) is 14.6. The van der Waals surface area contributed by atoms with E-state index in [1.54, 1.807) is 0 Å². The van der Waals surface area contributed by atoms with Gasteiger partial charge in [-0.1, -0.05) is 32.6 Å². The average Bonchev–Trinajstić information content (AvgIpc) is 2.99. The molecule has 1 aliphatic rings. The Labute approximate surface area is 117 Å². The van der Waals surface area contributed by atoms with E-state index < -0.39 is 0 Å². The van der Waals surface area contributed by atoms with E-state index in [1.165, 1.54) is 50.8 Å². The van der Waals surface area contributed by atoms with Crippen LogP contribution in [0.15, 0.2) is 6.07 Å². The van der Waals surface area contributed by atoms with Gasteiger partial charge in [-0.2, -0.15) is 5.10 Å². The van der Waals surface area contributed by atoms with E-state index in [1.807, 2.05) is 0 Å². The predicted octanol–water partition coefficient (Wildman–Crippen LogP) is 3.08. The molecule has 0 saturated heterocycles. The molecule has 0 aromatic carbocycles. The SMILES string of the molecule is CCCNCC(Cc1cc(C)nn1C)C1CCCC1. The molecule has 0 spiro atoms. The maximum absolute atomic E-state index is 4.48. The van der Waals surface area contributed by atoms with Gasteiger partial charge in [-0.05, 0) is 50.8 Å². The van der Waals surface area contributed by atoms with Crippen LogP contribution in [0.5, 0.6) is 0 Å². The molecule has 108 valence electrons. The molecular weight excluding hydrogens is 234 g/mol. The van der Waals surface area contributed by atoms with Gasteiger partial charge in [0.1, 0.15) is 0 Å². The summed E-state index contributed by atoms with van der Waals surface area (Å²) in [5.74, 6) is 1.70. The molecule has 1 aromatic rings. The van der Waals surface area contributed by atoms with Gasteiger partial charge in [-0.3, -0.25) is 4.68 Å². The lowest BCUT2D eigenvalue weighted by Gasteiger charge is -2.24. The Morgan fingerprint density at radius 1 is 1.42 bits per heavy atom. The van der Waals surface area contributed by atoms with Crippen LogP contribution < -0.4 is 5.32 Å². The largest absolute Gasteiger partial charge is 0.316 e. The van der Waals surface area contributed by atoms with Crippen molar-refractivity contribution >= 4 is 0 Å². The third-order valence-corrected chi connectivity index (χ3v) is 4.47. The van der Waals surface area contributed by atoms with Crippen LogP contribution in [0.25, 0.3) is 0 Å². The van der Waals surface area contributed by atoms with Gasteiger partial charge in [0, 0.05) is 12.7 Å². The highest BCUT2D eigenvalue weighted by Gasteiger charge is 2.25. The van der Waals surface area contributed by atoms with Crippen LogP contribution in [0, 0.1) is 18.8 Å². The minimum atomic E-state index is 0.781. The van der Waals surface area contributed by atoms with E-state index in [4.69, 9.17) is 0 Å². The highest BCUT2D eigenvalue weighted by Crippen LogP contribution is 2.33. The lowest BCUT2D eigenvalue weighted by molar-refractivity contribution is 0.316. The third-order valence-electron chi connectivity index (χ3n) is 4.47. The van der Waals surface area contributed by atoms with Crippen molar-refractivity contribution in [2.45, 2.75) is 52.4 Å². The Morgan fingerprint density at radius 3 is 2.74 bits per heavy atom. The second-order valence-electron chi connectivity index (χ2n) is 6.11. The molecule has 1 atom stereocenters. The lowest BCUT2D eigenvalue weighted by atomic mass is 9.87. The molecule has 0 aliphatic heterocycles. The van der Waals surface area contributed by atoms with Crippen molar-refractivity contribution in [1.29, 1.82) is 0 Å². The summed E-state index contributed by atoms with van der Waals surface area (Å²) in [7, 11) is 2.08. The first-order valence-electron chi connectivity index (χ1n) is 7.91. The standard InChI is InChI=1S/C16H29N3/c1-4-9-17-12-15(14-7-5-6-8-14)11-16-10-13(2)18-19(16)3/h10,14-15,17H,4-9,11-12H2,1-3H3. The van der Waals surface area contributed by atoms with Crippen LogP contribution in [0.3, 0.4) is 0 Å². The monoisotopic (exact) mass is 263 g/mol. The molecule has 1 fully saturated rings. The van der Waals surface area contributed by atoms with E-state index in [0.29, 0.717) is 0 Å². The molecule has 0 amide bonds. The summed E-state index contributed by atoms with van der Waals surface area (Å²) in [6, 6.07) is 2.25. The number of nitrogens with one attached hydrogen (secondary N) is 1. The molecule has 0 radical (unpaired) electrons. The molecular formula is C16H29N3. The van der Waals surface area contributed by atoms with Crippen molar-refractivity contribution in [2.24, 2.45) is 18.9 Å². The van der Waals surface area contributed by atoms with Crippen LogP contribution in [0.4, 0.5) is 0 Å². The maximum atomic E-state index is 4.48. The number of nitrogens with zero attached hydrogens (tertiary/aromatic N) is 2. The van der Waals surface area contributed by atoms with Crippen LogP contribution in [-0.2, 0) is 13.5 Å². The van der Waals surface area contributed by atoms with Gasteiger partial charge in [0.2, 0.25) is 0 Å². The van der Waals surface area contributed by atoms with E-state index in [2.05, 4.69) is 42.1 Å². The average molecular weight is 263 g/mol. The van der Waals surface area contributed by atoms with Gasteiger partial charge < -0.3 is 5.32 Å². The Kier molecular flexibility index (Phi) is 5.44. The van der Waals surface area contributed by atoms with Crippen LogP contribution >= 0.6 is 0 Å². The molecule has 3 nitrogen and oxygen atoms in total. The third kappa shape index (κ3) is 4.07. The summed E-state index contributed by atoms with van der Waals surface area (Å²) < 4.78 is 2.07. The van der Waals surface area contributed by atoms with Crippen molar-refractivity contribution in [3.8, 4) is 0 Å². The summed E-state index contributed by atoms with van der Waals surface area (Å²) in [6.45, 7) is 6.64. The highest BCUT2D eigenvalue weighted by atomic mass is 15.3. The zero-order valence-electron chi connectivity index (χ0n) is 12.8. The van der Waals surface area contributed by atoms with E-state index in [9.17, 15) is 0 Å². The normalized spacial score (nSPS) is 18.1. The zero-order chi connectivity index (χ0) is 13.7. The molecule has 0 bridgehead atoms. The van der Waals surface area contributed by atoms with Gasteiger partial charge in [-0.15, -0.1) is 0 Å². The molecule has 1 saturated carbocycles. The molecule has 2 rings (SSSR count). The molecule has 1 unspecified atom stereocenters. The maximum Gasteiger partial charge on any atom is 0.0596 e. The van der Waals surface area contributed by atoms with Crippen LogP contribution in [-0.4, -0.2) is 22.9 Å². The highest BCUT2D eigenvalue weighted by molar-refractivity contribution is 5.09. The minimum absolute atomic E-state index is 0.781. The van der Waals surface area contributed by atoms with Crippen molar-refractivity contribution in [2.75, 3.05) is 13.1 Å². The molecule has 3 heteroatoms. The number of aryl methyl sites for hydroxylation is 2. The topological polar surface area (TPSA) is 29.9 Å². The van der Waals surface area contributed by atoms with Crippen molar-refractivity contribution in [3.05, 3.63) is 17.5 Å². The predicted molar refractivity (Wildman–Crippen MR) is 80.3 cm³/mol. The fourth-order valence-corrected chi connectivity index (χ4v) is 3.42. The van der Waals surface area contributed by atoms with E-state index in [0.717, 1.165) is 24.1 Å². The summed E-state index contributed by atoms with van der Waals surface area (Å²) in [6.07, 6.45) is 8.12. The van der Waals surface area contributed by atoms with Crippen LogP contribution in [0.2, 0.25) is 0 Å². The fourth-order valence-electron chi connectivity index (χ4n) is 3.42. The second kappa shape index (κ2) is 7.09. The van der Waals surface area contributed by atoms with Crippen molar-refractivity contribution < 1.29 is 0 Å². The van der Waals surface area contributed by atoms with Gasteiger partial charge in [0.25, 0.3) is 0 Å². The number of rotatable bonds is 7. The first-order valence-corrected chi connectivity index (χ1v) is 7.91. The molecule has 19 heavy (non-hydrogen) atoms. The molecule has 1 aliphatic carbocycles. The smallest absolute Gasteiger partial charge is 0.0596 e. The Hall–Kier alpha value is -0.830. The fraction of sp³-hybridized carbons (Fsp3) is 0.812. The first-order chi connectivity index (χ1) is 9.20. The van der Waals surface area contributed by atoms with Gasteiger partial charge >= 0.3 is 0 Å². The Morgan fingerprint density at radius 2 is 2.16 bits per heavy atom. The van der Waals surface area contributed by atoms with E-state index >= 15 is 0 Å². The minimum Gasteiger partial charge on any atom is -0.316 e. The quantitative estimate of drug-likeness (QED) is 0.766. The van der Waals surface area contributed by atoms with Crippen LogP contribution in [0.1, 0.15) is 50.4 Å². The molecule has 1 aromatic heterocycles.